The van der Waals surface area contributed by atoms with Crippen LogP contribution in [0.5, 0.6) is 5.88 Å². The van der Waals surface area contributed by atoms with E-state index in [4.69, 9.17) is 0 Å². The van der Waals surface area contributed by atoms with Crippen molar-refractivity contribution in [3.05, 3.63) is 74.0 Å². The van der Waals surface area contributed by atoms with Crippen LogP contribution < -0.4 is 5.56 Å². The normalized spacial score (nSPS) is 10.9. The number of carbonyl (C=O) groups is 1. The molecule has 0 amide bonds. The summed E-state index contributed by atoms with van der Waals surface area (Å²) in [6, 6.07) is 7.47. The zero-order chi connectivity index (χ0) is 19.0. The Hall–Kier alpha value is -2.74. The van der Waals surface area contributed by atoms with E-state index < -0.39 is 29.0 Å². The van der Waals surface area contributed by atoms with Crippen LogP contribution in [0.4, 0.5) is 8.78 Å². The Morgan fingerprint density at radius 1 is 1.19 bits per heavy atom. The SMILES string of the molecule is COC(=O)c1c(O)n(Cc2ccc(Br)cc2F)c(=O)c2ccc(F)cc12. The number of halogens is 3. The maximum absolute atomic E-state index is 14.1. The molecule has 0 fully saturated rings. The summed E-state index contributed by atoms with van der Waals surface area (Å²) in [6.07, 6.45) is 0. The van der Waals surface area contributed by atoms with E-state index >= 15 is 0 Å². The molecule has 3 aromatic rings. The number of rotatable bonds is 3. The number of ether oxygens (including phenoxy) is 1. The molecule has 1 heterocycles. The molecule has 3 rings (SSSR count). The summed E-state index contributed by atoms with van der Waals surface area (Å²) in [7, 11) is 1.09. The Bertz CT molecular complexity index is 1090. The zero-order valence-electron chi connectivity index (χ0n) is 13.4. The molecule has 5 nitrogen and oxygen atoms in total. The predicted molar refractivity (Wildman–Crippen MR) is 94.4 cm³/mol. The van der Waals surface area contributed by atoms with Gasteiger partial charge in [0.05, 0.1) is 13.7 Å². The summed E-state index contributed by atoms with van der Waals surface area (Å²) >= 11 is 3.14. The number of hydrogen-bond acceptors (Lipinski definition) is 4. The molecule has 1 N–H and O–H groups in total. The highest BCUT2D eigenvalue weighted by Gasteiger charge is 2.23. The van der Waals surface area contributed by atoms with E-state index in [9.17, 15) is 23.5 Å². The average molecular weight is 424 g/mol. The summed E-state index contributed by atoms with van der Waals surface area (Å²) in [6.45, 7) is -0.318. The summed E-state index contributed by atoms with van der Waals surface area (Å²) in [5, 5.41) is 10.4. The van der Waals surface area contributed by atoms with Crippen molar-refractivity contribution in [3.8, 4) is 5.88 Å². The number of nitrogens with zero attached hydrogens (tertiary/aromatic N) is 1. The standard InChI is InChI=1S/C18H12BrF2NO4/c1-26-18(25)15-13-7-11(20)4-5-12(13)16(23)22(17(15)24)8-9-2-3-10(19)6-14(9)21/h2-7,24H,8H2,1H3. The number of carbonyl (C=O) groups excluding carboxylic acids is 1. The first-order valence-electron chi connectivity index (χ1n) is 7.40. The quantitative estimate of drug-likeness (QED) is 0.653. The van der Waals surface area contributed by atoms with E-state index in [0.29, 0.717) is 4.47 Å². The van der Waals surface area contributed by atoms with E-state index in [-0.39, 0.29) is 28.4 Å². The largest absolute Gasteiger partial charge is 0.494 e. The summed E-state index contributed by atoms with van der Waals surface area (Å²) in [5.74, 6) is -2.94. The average Bonchev–Trinajstić information content (AvgIpc) is 2.59. The minimum Gasteiger partial charge on any atom is -0.494 e. The van der Waals surface area contributed by atoms with Crippen molar-refractivity contribution in [1.82, 2.24) is 4.57 Å². The van der Waals surface area contributed by atoms with Crippen molar-refractivity contribution in [2.45, 2.75) is 6.54 Å². The third-order valence-electron chi connectivity index (χ3n) is 3.94. The number of aromatic hydroxyl groups is 1. The van der Waals surface area contributed by atoms with Gasteiger partial charge in [0, 0.05) is 20.8 Å². The Balaban J connectivity index is 2.30. The molecular weight excluding hydrogens is 412 g/mol. The van der Waals surface area contributed by atoms with Crippen LogP contribution in [-0.2, 0) is 11.3 Å². The van der Waals surface area contributed by atoms with Crippen LogP contribution in [0.25, 0.3) is 10.8 Å². The summed E-state index contributed by atoms with van der Waals surface area (Å²) in [4.78, 5) is 24.8. The van der Waals surface area contributed by atoms with E-state index in [1.54, 1.807) is 6.07 Å². The molecule has 0 radical (unpaired) electrons. The fraction of sp³-hybridized carbons (Fsp3) is 0.111. The molecule has 1 aromatic heterocycles. The van der Waals surface area contributed by atoms with Gasteiger partial charge in [0.15, 0.2) is 0 Å². The second-order valence-corrected chi connectivity index (χ2v) is 6.42. The predicted octanol–water partition coefficient (Wildman–Crippen LogP) is 3.58. The Morgan fingerprint density at radius 3 is 2.58 bits per heavy atom. The Labute approximate surface area is 154 Å². The van der Waals surface area contributed by atoms with Crippen molar-refractivity contribution in [2.24, 2.45) is 0 Å². The molecule has 0 atom stereocenters. The molecule has 0 aliphatic carbocycles. The zero-order valence-corrected chi connectivity index (χ0v) is 15.0. The minimum atomic E-state index is -0.942. The lowest BCUT2D eigenvalue weighted by Gasteiger charge is -2.15. The van der Waals surface area contributed by atoms with E-state index in [0.717, 1.165) is 23.8 Å². The molecule has 0 aliphatic rings. The van der Waals surface area contributed by atoms with Crippen molar-refractivity contribution in [2.75, 3.05) is 7.11 Å². The number of fused-ring (bicyclic) bond motifs is 1. The number of benzene rings is 2. The summed E-state index contributed by atoms with van der Waals surface area (Å²) in [5.41, 5.74) is -0.922. The second kappa shape index (κ2) is 6.87. The van der Waals surface area contributed by atoms with Gasteiger partial charge in [-0.15, -0.1) is 0 Å². The maximum Gasteiger partial charge on any atom is 0.343 e. The lowest BCUT2D eigenvalue weighted by molar-refractivity contribution is 0.0598. The first-order valence-corrected chi connectivity index (χ1v) is 8.20. The first-order chi connectivity index (χ1) is 12.3. The van der Waals surface area contributed by atoms with Gasteiger partial charge in [0.1, 0.15) is 17.2 Å². The lowest BCUT2D eigenvalue weighted by Crippen LogP contribution is -2.24. The lowest BCUT2D eigenvalue weighted by atomic mass is 10.1. The van der Waals surface area contributed by atoms with Crippen LogP contribution in [0.1, 0.15) is 15.9 Å². The van der Waals surface area contributed by atoms with Crippen molar-refractivity contribution in [3.63, 3.8) is 0 Å². The molecule has 134 valence electrons. The summed E-state index contributed by atoms with van der Waals surface area (Å²) < 4.78 is 33.7. The van der Waals surface area contributed by atoms with Crippen LogP contribution in [0, 0.1) is 11.6 Å². The second-order valence-electron chi connectivity index (χ2n) is 5.51. The monoisotopic (exact) mass is 423 g/mol. The molecule has 0 spiro atoms. The highest BCUT2D eigenvalue weighted by molar-refractivity contribution is 9.10. The van der Waals surface area contributed by atoms with Crippen LogP contribution in [0.2, 0.25) is 0 Å². The van der Waals surface area contributed by atoms with Crippen LogP contribution in [-0.4, -0.2) is 22.8 Å². The van der Waals surface area contributed by atoms with Crippen molar-refractivity contribution >= 4 is 32.7 Å². The third kappa shape index (κ3) is 3.08. The molecule has 0 saturated carbocycles. The van der Waals surface area contributed by atoms with Gasteiger partial charge in [-0.3, -0.25) is 9.36 Å². The highest BCUT2D eigenvalue weighted by Crippen LogP contribution is 2.27. The van der Waals surface area contributed by atoms with Gasteiger partial charge in [-0.25, -0.2) is 13.6 Å². The minimum absolute atomic E-state index is 0.00196. The van der Waals surface area contributed by atoms with Crippen molar-refractivity contribution < 1.29 is 23.4 Å². The number of esters is 1. The number of hydrogen-bond donors (Lipinski definition) is 1. The number of methoxy groups -OCH3 is 1. The first kappa shape index (κ1) is 18.1. The molecule has 0 aliphatic heterocycles. The van der Waals surface area contributed by atoms with Gasteiger partial charge in [-0.1, -0.05) is 22.0 Å². The van der Waals surface area contributed by atoms with Crippen LogP contribution >= 0.6 is 15.9 Å². The van der Waals surface area contributed by atoms with Crippen LogP contribution in [0.15, 0.2) is 45.7 Å². The molecule has 0 saturated heterocycles. The molecule has 2 aromatic carbocycles. The third-order valence-corrected chi connectivity index (χ3v) is 4.43. The van der Waals surface area contributed by atoms with Crippen molar-refractivity contribution in [1.29, 1.82) is 0 Å². The van der Waals surface area contributed by atoms with Gasteiger partial charge in [0.25, 0.3) is 5.56 Å². The topological polar surface area (TPSA) is 68.5 Å². The Kier molecular flexibility index (Phi) is 4.78. The van der Waals surface area contributed by atoms with Gasteiger partial charge >= 0.3 is 5.97 Å². The van der Waals surface area contributed by atoms with Gasteiger partial charge in [-0.05, 0) is 30.3 Å². The molecular formula is C18H12BrF2NO4. The van der Waals surface area contributed by atoms with E-state index in [1.807, 2.05) is 0 Å². The molecule has 0 unspecified atom stereocenters. The Morgan fingerprint density at radius 2 is 1.92 bits per heavy atom. The smallest absolute Gasteiger partial charge is 0.343 e. The maximum atomic E-state index is 14.1. The van der Waals surface area contributed by atoms with Gasteiger partial charge in [0.2, 0.25) is 5.88 Å². The highest BCUT2D eigenvalue weighted by atomic mass is 79.9. The number of aromatic nitrogens is 1. The van der Waals surface area contributed by atoms with Gasteiger partial charge in [-0.2, -0.15) is 0 Å². The fourth-order valence-electron chi connectivity index (χ4n) is 2.68. The van der Waals surface area contributed by atoms with Crippen LogP contribution in [0.3, 0.4) is 0 Å². The molecule has 26 heavy (non-hydrogen) atoms. The molecule has 0 bridgehead atoms. The van der Waals surface area contributed by atoms with Gasteiger partial charge < -0.3 is 9.84 Å². The fourth-order valence-corrected chi connectivity index (χ4v) is 3.01. The van der Waals surface area contributed by atoms with E-state index in [1.165, 1.54) is 18.2 Å². The molecule has 8 heteroatoms. The number of pyridine rings is 1. The van der Waals surface area contributed by atoms with E-state index in [2.05, 4.69) is 20.7 Å².